The Morgan fingerprint density at radius 3 is 3.00 bits per heavy atom. The Morgan fingerprint density at radius 2 is 2.38 bits per heavy atom. The van der Waals surface area contributed by atoms with E-state index in [1.54, 1.807) is 6.07 Å². The number of thioether (sulfide) groups is 1. The SMILES string of the molecule is CSc1cc(OC2CC2)c(F)cn1. The molecule has 0 radical (unpaired) electrons. The molecule has 0 aliphatic heterocycles. The van der Waals surface area contributed by atoms with Crippen molar-refractivity contribution < 1.29 is 9.13 Å². The van der Waals surface area contributed by atoms with Gasteiger partial charge in [0.1, 0.15) is 0 Å². The van der Waals surface area contributed by atoms with Gasteiger partial charge in [-0.05, 0) is 19.1 Å². The molecule has 0 N–H and O–H groups in total. The van der Waals surface area contributed by atoms with Crippen molar-refractivity contribution in [1.29, 1.82) is 0 Å². The Labute approximate surface area is 80.5 Å². The molecule has 70 valence electrons. The summed E-state index contributed by atoms with van der Waals surface area (Å²) in [7, 11) is 0. The van der Waals surface area contributed by atoms with Gasteiger partial charge in [0, 0.05) is 6.07 Å². The minimum atomic E-state index is -0.371. The Morgan fingerprint density at radius 1 is 1.62 bits per heavy atom. The predicted octanol–water partition coefficient (Wildman–Crippen LogP) is 2.48. The topological polar surface area (TPSA) is 22.1 Å². The average Bonchev–Trinajstić information content (AvgIpc) is 2.93. The van der Waals surface area contributed by atoms with Crippen LogP contribution in [0, 0.1) is 5.82 Å². The highest BCUT2D eigenvalue weighted by Crippen LogP contribution is 2.29. The number of hydrogen-bond donors (Lipinski definition) is 0. The monoisotopic (exact) mass is 199 g/mol. The van der Waals surface area contributed by atoms with Gasteiger partial charge in [-0.3, -0.25) is 0 Å². The lowest BCUT2D eigenvalue weighted by Gasteiger charge is -2.05. The van der Waals surface area contributed by atoms with Crippen LogP contribution in [-0.4, -0.2) is 17.3 Å². The largest absolute Gasteiger partial charge is 0.487 e. The van der Waals surface area contributed by atoms with Crippen molar-refractivity contribution in [3.8, 4) is 5.75 Å². The number of rotatable bonds is 3. The van der Waals surface area contributed by atoms with Crippen molar-refractivity contribution >= 4 is 11.8 Å². The van der Waals surface area contributed by atoms with E-state index >= 15 is 0 Å². The van der Waals surface area contributed by atoms with E-state index in [4.69, 9.17) is 4.74 Å². The number of ether oxygens (including phenoxy) is 1. The zero-order chi connectivity index (χ0) is 9.26. The summed E-state index contributed by atoms with van der Waals surface area (Å²) in [5.74, 6) is -0.0356. The Kier molecular flexibility index (Phi) is 2.40. The lowest BCUT2D eigenvalue weighted by Crippen LogP contribution is -1.99. The van der Waals surface area contributed by atoms with E-state index in [-0.39, 0.29) is 11.9 Å². The van der Waals surface area contributed by atoms with Gasteiger partial charge < -0.3 is 4.74 Å². The molecule has 0 aromatic carbocycles. The van der Waals surface area contributed by atoms with Gasteiger partial charge in [-0.2, -0.15) is 0 Å². The Balaban J connectivity index is 2.19. The van der Waals surface area contributed by atoms with Gasteiger partial charge in [0.2, 0.25) is 0 Å². The highest BCUT2D eigenvalue weighted by molar-refractivity contribution is 7.98. The maximum absolute atomic E-state index is 13.1. The van der Waals surface area contributed by atoms with E-state index in [0.717, 1.165) is 17.9 Å². The third-order valence-corrected chi connectivity index (χ3v) is 2.46. The molecular weight excluding hydrogens is 189 g/mol. The van der Waals surface area contributed by atoms with Crippen LogP contribution < -0.4 is 4.74 Å². The van der Waals surface area contributed by atoms with Crippen molar-refractivity contribution in [2.75, 3.05) is 6.26 Å². The van der Waals surface area contributed by atoms with Crippen molar-refractivity contribution in [2.24, 2.45) is 0 Å². The quantitative estimate of drug-likeness (QED) is 0.698. The zero-order valence-electron chi connectivity index (χ0n) is 7.29. The Bertz CT molecular complexity index is 314. The molecule has 4 heteroatoms. The molecule has 1 aliphatic rings. The van der Waals surface area contributed by atoms with Gasteiger partial charge in [-0.25, -0.2) is 9.37 Å². The van der Waals surface area contributed by atoms with Crippen LogP contribution in [0.15, 0.2) is 17.3 Å². The second-order valence-corrected chi connectivity index (χ2v) is 3.80. The highest BCUT2D eigenvalue weighted by atomic mass is 32.2. The van der Waals surface area contributed by atoms with E-state index in [0.29, 0.717) is 5.75 Å². The minimum absolute atomic E-state index is 0.228. The number of pyridine rings is 1. The fourth-order valence-electron chi connectivity index (χ4n) is 0.970. The van der Waals surface area contributed by atoms with Crippen LogP contribution in [0.4, 0.5) is 4.39 Å². The fourth-order valence-corrected chi connectivity index (χ4v) is 1.35. The smallest absolute Gasteiger partial charge is 0.183 e. The average molecular weight is 199 g/mol. The molecule has 0 saturated heterocycles. The van der Waals surface area contributed by atoms with Gasteiger partial charge in [0.05, 0.1) is 17.3 Å². The molecule has 1 heterocycles. The van der Waals surface area contributed by atoms with Crippen molar-refractivity contribution in [1.82, 2.24) is 4.98 Å². The van der Waals surface area contributed by atoms with Gasteiger partial charge in [0.25, 0.3) is 0 Å². The summed E-state index contributed by atoms with van der Waals surface area (Å²) >= 11 is 1.48. The molecule has 0 amide bonds. The van der Waals surface area contributed by atoms with Crippen LogP contribution >= 0.6 is 11.8 Å². The summed E-state index contributed by atoms with van der Waals surface area (Å²) < 4.78 is 18.5. The van der Waals surface area contributed by atoms with Gasteiger partial charge in [-0.15, -0.1) is 11.8 Å². The molecule has 13 heavy (non-hydrogen) atoms. The summed E-state index contributed by atoms with van der Waals surface area (Å²) in [4.78, 5) is 3.89. The molecule has 0 unspecified atom stereocenters. The van der Waals surface area contributed by atoms with Crippen molar-refractivity contribution in [3.05, 3.63) is 18.1 Å². The molecular formula is C9H10FNOS. The molecule has 1 fully saturated rings. The third-order valence-electron chi connectivity index (χ3n) is 1.82. The van der Waals surface area contributed by atoms with Crippen molar-refractivity contribution in [3.63, 3.8) is 0 Å². The molecule has 2 nitrogen and oxygen atoms in total. The van der Waals surface area contributed by atoms with Crippen LogP contribution in [0.3, 0.4) is 0 Å². The van der Waals surface area contributed by atoms with Gasteiger partial charge in [-0.1, -0.05) is 0 Å². The summed E-state index contributed by atoms with van der Waals surface area (Å²) in [6.45, 7) is 0. The molecule has 1 aliphatic carbocycles. The summed E-state index contributed by atoms with van der Waals surface area (Å²) in [5, 5.41) is 0.789. The zero-order valence-corrected chi connectivity index (χ0v) is 8.10. The predicted molar refractivity (Wildman–Crippen MR) is 49.6 cm³/mol. The second kappa shape index (κ2) is 3.54. The lowest BCUT2D eigenvalue weighted by atomic mass is 10.4. The van der Waals surface area contributed by atoms with Crippen LogP contribution in [0.2, 0.25) is 0 Å². The number of nitrogens with zero attached hydrogens (tertiary/aromatic N) is 1. The second-order valence-electron chi connectivity index (χ2n) is 2.97. The van der Waals surface area contributed by atoms with E-state index in [1.165, 1.54) is 18.0 Å². The van der Waals surface area contributed by atoms with Crippen LogP contribution in [0.25, 0.3) is 0 Å². The summed E-state index contributed by atoms with van der Waals surface area (Å²) in [5.41, 5.74) is 0. The first-order valence-corrected chi connectivity index (χ1v) is 5.38. The number of hydrogen-bond acceptors (Lipinski definition) is 3. The first-order valence-electron chi connectivity index (χ1n) is 4.16. The normalized spacial score (nSPS) is 15.8. The van der Waals surface area contributed by atoms with E-state index in [9.17, 15) is 4.39 Å². The fraction of sp³-hybridized carbons (Fsp3) is 0.444. The summed E-state index contributed by atoms with van der Waals surface area (Å²) in [6, 6.07) is 1.65. The highest BCUT2D eigenvalue weighted by Gasteiger charge is 2.24. The third kappa shape index (κ3) is 2.12. The molecule has 0 bridgehead atoms. The maximum atomic E-state index is 13.1. The van der Waals surface area contributed by atoms with Crippen LogP contribution in [0.1, 0.15) is 12.8 Å². The molecule has 1 aromatic rings. The van der Waals surface area contributed by atoms with Crippen molar-refractivity contribution in [2.45, 2.75) is 24.0 Å². The molecule has 1 saturated carbocycles. The molecule has 0 spiro atoms. The maximum Gasteiger partial charge on any atom is 0.183 e. The van der Waals surface area contributed by atoms with Crippen LogP contribution in [-0.2, 0) is 0 Å². The first kappa shape index (κ1) is 8.81. The standard InChI is InChI=1S/C9H10FNOS/c1-13-9-4-8(7(10)5-11-9)12-6-2-3-6/h4-6H,2-3H2,1H3. The molecule has 0 atom stereocenters. The van der Waals surface area contributed by atoms with E-state index in [2.05, 4.69) is 4.98 Å². The lowest BCUT2D eigenvalue weighted by molar-refractivity contribution is 0.285. The first-order chi connectivity index (χ1) is 6.29. The van der Waals surface area contributed by atoms with E-state index in [1.807, 2.05) is 6.26 Å². The van der Waals surface area contributed by atoms with E-state index < -0.39 is 0 Å². The molecule has 1 aromatic heterocycles. The molecule has 2 rings (SSSR count). The van der Waals surface area contributed by atoms with Gasteiger partial charge in [0.15, 0.2) is 11.6 Å². The number of halogens is 1. The Hall–Kier alpha value is -0.770. The van der Waals surface area contributed by atoms with Gasteiger partial charge >= 0.3 is 0 Å². The van der Waals surface area contributed by atoms with Crippen LogP contribution in [0.5, 0.6) is 5.75 Å². The minimum Gasteiger partial charge on any atom is -0.487 e. The summed E-state index contributed by atoms with van der Waals surface area (Å²) in [6.07, 6.45) is 5.42. The number of aromatic nitrogens is 1.